The van der Waals surface area contributed by atoms with E-state index >= 15 is 0 Å². The van der Waals surface area contributed by atoms with Crippen molar-refractivity contribution >= 4 is 39.5 Å². The minimum absolute atomic E-state index is 0.106. The molecule has 0 amide bonds. The highest BCUT2D eigenvalue weighted by molar-refractivity contribution is 7.47. The fraction of sp³-hybridized carbons (Fsp3) is 0.950. The van der Waals surface area contributed by atoms with E-state index in [0.29, 0.717) is 25.7 Å². The van der Waals surface area contributed by atoms with Crippen LogP contribution in [0.2, 0.25) is 0 Å². The van der Waals surface area contributed by atoms with E-state index in [-0.39, 0.29) is 25.7 Å². The number of hydrogen-bond donors (Lipinski definition) is 3. The summed E-state index contributed by atoms with van der Waals surface area (Å²) in [5, 5.41) is 10.6. The standard InChI is InChI=1S/C80H156O17P2/c1-8-10-11-12-13-14-15-26-33-40-47-54-61-77(82)90-68-76(97-80(85)64-57-50-43-36-29-31-38-45-52-59-72(5)6)70-95-99(88,89)93-66-74(81)65-92-98(86,87)94-69-75(67-91-78(83)62-55-48-41-34-27-22-18-16-20-24-30-37-44-51-58-71(3)4)96-79(84)63-56-49-42-35-28-23-19-17-21-25-32-39-46-53-60-73(7)9-2/h71-76,81H,8-70H2,1-7H3,(H,86,87)(H,88,89)/t73?,74-,75-,76-/m1/s1. The van der Waals surface area contributed by atoms with Crippen molar-refractivity contribution in [3.8, 4) is 0 Å². The Bertz CT molecular complexity index is 1920. The number of aliphatic hydroxyl groups is 1. The summed E-state index contributed by atoms with van der Waals surface area (Å²) in [5.41, 5.74) is 0. The second-order valence-electron chi connectivity index (χ2n) is 30.0. The van der Waals surface area contributed by atoms with Gasteiger partial charge in [-0.15, -0.1) is 0 Å². The molecule has 6 atom stereocenters. The monoisotopic (exact) mass is 1450 g/mol. The van der Waals surface area contributed by atoms with Crippen LogP contribution in [0, 0.1) is 17.8 Å². The van der Waals surface area contributed by atoms with Gasteiger partial charge in [-0.3, -0.25) is 37.3 Å². The number of aliphatic hydroxyl groups excluding tert-OH is 1. The Morgan fingerprint density at radius 2 is 0.515 bits per heavy atom. The van der Waals surface area contributed by atoms with Crippen molar-refractivity contribution in [2.24, 2.45) is 17.8 Å². The Kier molecular flexibility index (Phi) is 69.0. The molecule has 0 saturated carbocycles. The summed E-state index contributed by atoms with van der Waals surface area (Å²) in [6.07, 6.45) is 58.1. The molecular formula is C80H156O17P2. The highest BCUT2D eigenvalue weighted by Crippen LogP contribution is 2.45. The molecular weight excluding hydrogens is 1290 g/mol. The number of unbranched alkanes of at least 4 members (excludes halogenated alkanes) is 45. The van der Waals surface area contributed by atoms with Crippen molar-refractivity contribution in [1.82, 2.24) is 0 Å². The number of carbonyl (C=O) groups excluding carboxylic acids is 4. The molecule has 0 aromatic carbocycles. The molecule has 17 nitrogen and oxygen atoms in total. The maximum Gasteiger partial charge on any atom is 0.472 e. The lowest BCUT2D eigenvalue weighted by Crippen LogP contribution is -2.30. The number of carbonyl (C=O) groups is 4. The molecule has 99 heavy (non-hydrogen) atoms. The Labute approximate surface area is 607 Å². The zero-order chi connectivity index (χ0) is 73.0. The van der Waals surface area contributed by atoms with Gasteiger partial charge in [0.15, 0.2) is 12.2 Å². The molecule has 0 aliphatic rings. The molecule has 3 N–H and O–H groups in total. The molecule has 588 valence electrons. The van der Waals surface area contributed by atoms with Crippen LogP contribution in [0.5, 0.6) is 0 Å². The fourth-order valence-electron chi connectivity index (χ4n) is 12.3. The number of phosphoric acid groups is 2. The summed E-state index contributed by atoms with van der Waals surface area (Å²) < 4.78 is 68.7. The normalized spacial score (nSPS) is 14.3. The number of rotatable bonds is 78. The lowest BCUT2D eigenvalue weighted by molar-refractivity contribution is -0.161. The average Bonchev–Trinajstić information content (AvgIpc) is 1.09. The second-order valence-corrected chi connectivity index (χ2v) is 32.9. The van der Waals surface area contributed by atoms with E-state index in [4.69, 9.17) is 37.0 Å². The van der Waals surface area contributed by atoms with Gasteiger partial charge in [-0.2, -0.15) is 0 Å². The van der Waals surface area contributed by atoms with Gasteiger partial charge < -0.3 is 33.8 Å². The third-order valence-corrected chi connectivity index (χ3v) is 20.9. The third-order valence-electron chi connectivity index (χ3n) is 19.0. The maximum absolute atomic E-state index is 13.1. The highest BCUT2D eigenvalue weighted by atomic mass is 31.2. The third kappa shape index (κ3) is 72.8. The predicted octanol–water partition coefficient (Wildman–Crippen LogP) is 23.7. The molecule has 3 unspecified atom stereocenters. The molecule has 0 aromatic rings. The van der Waals surface area contributed by atoms with Crippen molar-refractivity contribution < 1.29 is 80.2 Å². The Morgan fingerprint density at radius 3 is 0.768 bits per heavy atom. The number of phosphoric ester groups is 2. The van der Waals surface area contributed by atoms with E-state index in [1.54, 1.807) is 0 Å². The van der Waals surface area contributed by atoms with Gasteiger partial charge in [0.1, 0.15) is 19.3 Å². The first-order chi connectivity index (χ1) is 47.8. The summed E-state index contributed by atoms with van der Waals surface area (Å²) in [6.45, 7) is 12.0. The van der Waals surface area contributed by atoms with Gasteiger partial charge in [-0.1, -0.05) is 363 Å². The average molecular weight is 1450 g/mol. The largest absolute Gasteiger partial charge is 0.472 e. The quantitative estimate of drug-likeness (QED) is 0.0222. The van der Waals surface area contributed by atoms with Crippen LogP contribution in [0.15, 0.2) is 0 Å². The zero-order valence-corrected chi connectivity index (χ0v) is 66.8. The smallest absolute Gasteiger partial charge is 0.462 e. The number of hydrogen-bond acceptors (Lipinski definition) is 15. The first-order valence-corrected chi connectivity index (χ1v) is 44.4. The molecule has 0 rings (SSSR count). The van der Waals surface area contributed by atoms with Crippen LogP contribution in [0.4, 0.5) is 0 Å². The summed E-state index contributed by atoms with van der Waals surface area (Å²) in [6, 6.07) is 0. The van der Waals surface area contributed by atoms with Crippen LogP contribution in [-0.4, -0.2) is 96.7 Å². The van der Waals surface area contributed by atoms with Gasteiger partial charge in [0.2, 0.25) is 0 Å². The molecule has 0 aliphatic carbocycles. The van der Waals surface area contributed by atoms with Crippen molar-refractivity contribution in [3.63, 3.8) is 0 Å². The van der Waals surface area contributed by atoms with Gasteiger partial charge >= 0.3 is 39.5 Å². The number of ether oxygens (including phenoxy) is 4. The molecule has 19 heteroatoms. The van der Waals surface area contributed by atoms with Crippen LogP contribution in [0.25, 0.3) is 0 Å². The molecule has 0 heterocycles. The Hall–Kier alpha value is -1.94. The van der Waals surface area contributed by atoms with Gasteiger partial charge in [-0.25, -0.2) is 9.13 Å². The lowest BCUT2D eigenvalue weighted by atomic mass is 9.99. The van der Waals surface area contributed by atoms with Crippen LogP contribution in [0.1, 0.15) is 414 Å². The van der Waals surface area contributed by atoms with Crippen molar-refractivity contribution in [3.05, 3.63) is 0 Å². The molecule has 0 spiro atoms. The van der Waals surface area contributed by atoms with Gasteiger partial charge in [0, 0.05) is 25.7 Å². The van der Waals surface area contributed by atoms with E-state index < -0.39 is 97.5 Å². The van der Waals surface area contributed by atoms with Crippen molar-refractivity contribution in [1.29, 1.82) is 0 Å². The Balaban J connectivity index is 5.26. The molecule has 0 aliphatic heterocycles. The van der Waals surface area contributed by atoms with Crippen LogP contribution >= 0.6 is 15.6 Å². The lowest BCUT2D eigenvalue weighted by Gasteiger charge is -2.21. The van der Waals surface area contributed by atoms with Gasteiger partial charge in [0.05, 0.1) is 26.4 Å². The fourth-order valence-corrected chi connectivity index (χ4v) is 13.9. The molecule has 0 bridgehead atoms. The Morgan fingerprint density at radius 1 is 0.293 bits per heavy atom. The molecule has 0 radical (unpaired) electrons. The van der Waals surface area contributed by atoms with Crippen LogP contribution < -0.4 is 0 Å². The minimum Gasteiger partial charge on any atom is -0.462 e. The predicted molar refractivity (Wildman–Crippen MR) is 405 cm³/mol. The van der Waals surface area contributed by atoms with E-state index in [2.05, 4.69) is 48.5 Å². The summed E-state index contributed by atoms with van der Waals surface area (Å²) in [4.78, 5) is 73.0. The topological polar surface area (TPSA) is 237 Å². The van der Waals surface area contributed by atoms with E-state index in [9.17, 15) is 43.2 Å². The SMILES string of the molecule is CCCCCCCCCCCCCCC(=O)OC[C@H](COP(=O)(O)OC[C@H](O)COP(=O)(O)OC[C@@H](COC(=O)CCCCCCCCCCCCCCCCC(C)C)OC(=O)CCCCCCCCCCCCCCCCC(C)CC)OC(=O)CCCCCCCCCCCC(C)C. The minimum atomic E-state index is -4.96. The van der Waals surface area contributed by atoms with Gasteiger partial charge in [-0.05, 0) is 43.4 Å². The van der Waals surface area contributed by atoms with Crippen molar-refractivity contribution in [2.75, 3.05) is 39.6 Å². The molecule has 0 saturated heterocycles. The molecule has 0 fully saturated rings. The summed E-state index contributed by atoms with van der Waals surface area (Å²) >= 11 is 0. The second kappa shape index (κ2) is 70.4. The van der Waals surface area contributed by atoms with E-state index in [0.717, 1.165) is 108 Å². The zero-order valence-electron chi connectivity index (χ0n) is 65.0. The van der Waals surface area contributed by atoms with Crippen LogP contribution in [0.3, 0.4) is 0 Å². The van der Waals surface area contributed by atoms with E-state index in [1.165, 1.54) is 225 Å². The number of esters is 4. The first kappa shape index (κ1) is 97.1. The highest BCUT2D eigenvalue weighted by Gasteiger charge is 2.30. The van der Waals surface area contributed by atoms with Gasteiger partial charge in [0.25, 0.3) is 0 Å². The first-order valence-electron chi connectivity index (χ1n) is 41.4. The van der Waals surface area contributed by atoms with Crippen molar-refractivity contribution in [2.45, 2.75) is 433 Å². The molecule has 0 aromatic heterocycles. The summed E-state index contributed by atoms with van der Waals surface area (Å²) in [7, 11) is -9.92. The van der Waals surface area contributed by atoms with E-state index in [1.807, 2.05) is 0 Å². The van der Waals surface area contributed by atoms with Crippen LogP contribution in [-0.2, 0) is 65.4 Å². The maximum atomic E-state index is 13.1. The summed E-state index contributed by atoms with van der Waals surface area (Å²) in [5.74, 6) is 0.270.